The highest BCUT2D eigenvalue weighted by molar-refractivity contribution is 5.87. The minimum atomic E-state index is -0.159. The van der Waals surface area contributed by atoms with E-state index in [1.807, 2.05) is 28.8 Å². The molecule has 6 rings (SSSR count). The van der Waals surface area contributed by atoms with Crippen LogP contribution in [0, 0.1) is 18.3 Å². The first-order valence-electron chi connectivity index (χ1n) is 13.0. The quantitative estimate of drug-likeness (QED) is 0.260. The van der Waals surface area contributed by atoms with Crippen molar-refractivity contribution in [2.75, 3.05) is 0 Å². The second-order valence-corrected chi connectivity index (χ2v) is 9.64. The first-order valence-corrected chi connectivity index (χ1v) is 13.0. The van der Waals surface area contributed by atoms with Crippen LogP contribution in [0.25, 0.3) is 38.9 Å². The van der Waals surface area contributed by atoms with E-state index < -0.39 is 0 Å². The number of pyridine rings is 1. The van der Waals surface area contributed by atoms with E-state index in [9.17, 15) is 10.1 Å². The fourth-order valence-corrected chi connectivity index (χ4v) is 4.95. The zero-order valence-electron chi connectivity index (χ0n) is 21.8. The second-order valence-electron chi connectivity index (χ2n) is 9.64. The number of nitrogens with zero attached hydrogens (tertiary/aromatic N) is 6. The van der Waals surface area contributed by atoms with E-state index in [0.29, 0.717) is 40.5 Å². The van der Waals surface area contributed by atoms with E-state index in [2.05, 4.69) is 47.4 Å². The first kappa shape index (κ1) is 24.3. The Kier molecular flexibility index (Phi) is 6.25. The third kappa shape index (κ3) is 4.59. The van der Waals surface area contributed by atoms with Crippen molar-refractivity contribution in [1.82, 2.24) is 24.3 Å². The van der Waals surface area contributed by atoms with Crippen molar-refractivity contribution in [3.8, 4) is 23.1 Å². The summed E-state index contributed by atoms with van der Waals surface area (Å²) in [5, 5.41) is 15.5. The van der Waals surface area contributed by atoms with Gasteiger partial charge in [0.2, 0.25) is 11.7 Å². The highest BCUT2D eigenvalue weighted by Crippen LogP contribution is 2.25. The van der Waals surface area contributed by atoms with E-state index in [1.165, 1.54) is 0 Å². The van der Waals surface area contributed by atoms with Crippen molar-refractivity contribution in [3.05, 3.63) is 106 Å². The summed E-state index contributed by atoms with van der Waals surface area (Å²) in [5.41, 5.74) is 4.17. The molecule has 8 heteroatoms. The Morgan fingerprint density at radius 2 is 1.87 bits per heavy atom. The predicted octanol–water partition coefficient (Wildman–Crippen LogP) is 5.96. The summed E-state index contributed by atoms with van der Waals surface area (Å²) in [6.45, 7) is 4.43. The van der Waals surface area contributed by atoms with E-state index >= 15 is 0 Å². The van der Waals surface area contributed by atoms with Crippen LogP contribution in [0.4, 0.5) is 0 Å². The Balaban J connectivity index is 1.46. The average Bonchev–Trinajstić information content (AvgIpc) is 3.55. The zero-order chi connectivity index (χ0) is 26.9. The molecule has 39 heavy (non-hydrogen) atoms. The van der Waals surface area contributed by atoms with Crippen LogP contribution in [0.3, 0.4) is 0 Å². The molecule has 0 unspecified atom stereocenters. The Bertz CT molecular complexity index is 1940. The van der Waals surface area contributed by atoms with Gasteiger partial charge in [-0.1, -0.05) is 48.8 Å². The number of benzene rings is 3. The van der Waals surface area contributed by atoms with Gasteiger partial charge in [-0.15, -0.1) is 0 Å². The van der Waals surface area contributed by atoms with Crippen LogP contribution in [0.2, 0.25) is 0 Å². The number of hydrogen-bond donors (Lipinski definition) is 0. The molecule has 0 aliphatic carbocycles. The molecule has 0 spiro atoms. The summed E-state index contributed by atoms with van der Waals surface area (Å²) in [4.78, 5) is 23.1. The van der Waals surface area contributed by atoms with Crippen LogP contribution in [0.15, 0.2) is 82.2 Å². The van der Waals surface area contributed by atoms with Crippen LogP contribution < -0.4 is 5.56 Å². The van der Waals surface area contributed by atoms with Gasteiger partial charge in [0.1, 0.15) is 11.3 Å². The Labute approximate surface area is 224 Å². The van der Waals surface area contributed by atoms with Crippen molar-refractivity contribution in [2.24, 2.45) is 0 Å². The third-order valence-electron chi connectivity index (χ3n) is 6.91. The van der Waals surface area contributed by atoms with Gasteiger partial charge in [-0.25, -0.2) is 4.98 Å². The Morgan fingerprint density at radius 3 is 2.67 bits per heavy atom. The predicted molar refractivity (Wildman–Crippen MR) is 150 cm³/mol. The highest BCUT2D eigenvalue weighted by atomic mass is 16.5. The summed E-state index contributed by atoms with van der Waals surface area (Å²) >= 11 is 0. The minimum Gasteiger partial charge on any atom is -0.339 e. The topological polar surface area (TPSA) is 103 Å². The number of fused-ring (bicyclic) bond motifs is 2. The van der Waals surface area contributed by atoms with Gasteiger partial charge < -0.3 is 9.09 Å². The lowest BCUT2D eigenvalue weighted by molar-refractivity contribution is 0.394. The Hall–Kier alpha value is -5.03. The van der Waals surface area contributed by atoms with Gasteiger partial charge >= 0.3 is 0 Å². The van der Waals surface area contributed by atoms with Crippen molar-refractivity contribution < 1.29 is 4.52 Å². The van der Waals surface area contributed by atoms with Gasteiger partial charge in [0.15, 0.2) is 0 Å². The molecule has 3 aromatic carbocycles. The molecule has 0 radical (unpaired) electrons. The summed E-state index contributed by atoms with van der Waals surface area (Å²) in [5.74, 6) is 1.97. The number of nitriles is 1. The SMILES string of the molecule is CCCCc1nc2ccn(-c3cccc(C#N)c3)c(=O)c2n1Cc1ccc2ccc(-c3noc(C)n3)cc2c1. The zero-order valence-corrected chi connectivity index (χ0v) is 21.8. The fourth-order valence-electron chi connectivity index (χ4n) is 4.95. The maximum absolute atomic E-state index is 13.8. The molecule has 0 bridgehead atoms. The molecule has 0 aliphatic heterocycles. The minimum absolute atomic E-state index is 0.159. The molecular formula is C31H26N6O2. The fraction of sp³-hybridized carbons (Fsp3) is 0.194. The average molecular weight is 515 g/mol. The van der Waals surface area contributed by atoms with E-state index in [0.717, 1.165) is 47.0 Å². The molecule has 0 saturated heterocycles. The first-order chi connectivity index (χ1) is 19.0. The van der Waals surface area contributed by atoms with Gasteiger partial charge in [-0.3, -0.25) is 9.36 Å². The molecule has 0 atom stereocenters. The van der Waals surface area contributed by atoms with Gasteiger partial charge in [0.25, 0.3) is 5.56 Å². The maximum Gasteiger partial charge on any atom is 0.281 e. The summed E-state index contributed by atoms with van der Waals surface area (Å²) in [6.07, 6.45) is 4.53. The highest BCUT2D eigenvalue weighted by Gasteiger charge is 2.17. The van der Waals surface area contributed by atoms with Crippen molar-refractivity contribution in [3.63, 3.8) is 0 Å². The lowest BCUT2D eigenvalue weighted by atomic mass is 10.0. The largest absolute Gasteiger partial charge is 0.339 e. The summed E-state index contributed by atoms with van der Waals surface area (Å²) in [7, 11) is 0. The summed E-state index contributed by atoms with van der Waals surface area (Å²) in [6, 6.07) is 23.5. The molecule has 0 saturated carbocycles. The second kappa shape index (κ2) is 10.0. The van der Waals surface area contributed by atoms with Gasteiger partial charge in [-0.05, 0) is 59.2 Å². The molecule has 0 amide bonds. The third-order valence-corrected chi connectivity index (χ3v) is 6.91. The van der Waals surface area contributed by atoms with Crippen molar-refractivity contribution in [1.29, 1.82) is 5.26 Å². The number of rotatable bonds is 7. The lowest BCUT2D eigenvalue weighted by Gasteiger charge is -2.12. The van der Waals surface area contributed by atoms with E-state index in [4.69, 9.17) is 9.51 Å². The molecule has 3 heterocycles. The van der Waals surface area contributed by atoms with Crippen LogP contribution in [0.5, 0.6) is 0 Å². The standard InChI is InChI=1S/C31H26N6O2/c1-3-4-8-28-34-27-13-14-36(26-7-5-6-21(16-26)18-32)31(38)29(27)37(28)19-22-9-10-23-11-12-24(17-25(23)15-22)30-33-20(2)39-35-30/h5-7,9-17H,3-4,8,19H2,1-2H3. The van der Waals surface area contributed by atoms with Crippen LogP contribution in [-0.2, 0) is 13.0 Å². The molecule has 8 nitrogen and oxygen atoms in total. The molecule has 3 aromatic heterocycles. The molecular weight excluding hydrogens is 488 g/mol. The molecule has 6 aromatic rings. The number of hydrogen-bond acceptors (Lipinski definition) is 6. The van der Waals surface area contributed by atoms with Crippen LogP contribution >= 0.6 is 0 Å². The Morgan fingerprint density at radius 1 is 1.00 bits per heavy atom. The number of aryl methyl sites for hydroxylation is 2. The van der Waals surface area contributed by atoms with Gasteiger partial charge in [0, 0.05) is 37.3 Å². The molecule has 0 N–H and O–H groups in total. The van der Waals surface area contributed by atoms with Crippen LogP contribution in [-0.4, -0.2) is 24.3 Å². The smallest absolute Gasteiger partial charge is 0.281 e. The van der Waals surface area contributed by atoms with Crippen molar-refractivity contribution >= 4 is 21.8 Å². The lowest BCUT2D eigenvalue weighted by Crippen LogP contribution is -2.21. The monoisotopic (exact) mass is 514 g/mol. The summed E-state index contributed by atoms with van der Waals surface area (Å²) < 4.78 is 8.79. The van der Waals surface area contributed by atoms with E-state index in [-0.39, 0.29) is 5.56 Å². The van der Waals surface area contributed by atoms with Gasteiger partial charge in [-0.2, -0.15) is 10.2 Å². The molecule has 192 valence electrons. The van der Waals surface area contributed by atoms with E-state index in [1.54, 1.807) is 35.9 Å². The number of imidazole rings is 1. The number of aromatic nitrogens is 5. The maximum atomic E-state index is 13.8. The van der Waals surface area contributed by atoms with Gasteiger partial charge in [0.05, 0.1) is 17.1 Å². The van der Waals surface area contributed by atoms with Crippen molar-refractivity contribution in [2.45, 2.75) is 39.7 Å². The molecule has 0 aliphatic rings. The van der Waals surface area contributed by atoms with Crippen LogP contribution in [0.1, 0.15) is 42.6 Å². The number of unbranched alkanes of at least 4 members (excludes halogenated alkanes) is 1. The molecule has 0 fully saturated rings. The normalized spacial score (nSPS) is 11.3.